The molecule has 1 aromatic rings. The number of carbonyl (C=O) groups excluding carboxylic acids is 1. The number of amides is 1. The van der Waals surface area contributed by atoms with Crippen LogP contribution in [-0.4, -0.2) is 43.5 Å². The van der Waals surface area contributed by atoms with Gasteiger partial charge in [-0.05, 0) is 43.9 Å². The van der Waals surface area contributed by atoms with Gasteiger partial charge in [-0.1, -0.05) is 12.1 Å². The second-order valence-electron chi connectivity index (χ2n) is 7.32. The van der Waals surface area contributed by atoms with Gasteiger partial charge in [-0.3, -0.25) is 4.79 Å². The van der Waals surface area contributed by atoms with Crippen molar-refractivity contribution in [3.63, 3.8) is 0 Å². The second kappa shape index (κ2) is 5.05. The van der Waals surface area contributed by atoms with E-state index in [9.17, 15) is 13.2 Å². The summed E-state index contributed by atoms with van der Waals surface area (Å²) in [6.45, 7) is 3.71. The summed E-state index contributed by atoms with van der Waals surface area (Å²) in [5.41, 5.74) is 1.85. The Kier molecular flexibility index (Phi) is 3.32. The molecule has 5 nitrogen and oxygen atoms in total. The molecule has 2 heterocycles. The molecule has 1 saturated carbocycles. The van der Waals surface area contributed by atoms with Gasteiger partial charge in [-0.2, -0.15) is 0 Å². The summed E-state index contributed by atoms with van der Waals surface area (Å²) in [4.78, 5) is 14.3. The lowest BCUT2D eigenvalue weighted by molar-refractivity contribution is -0.117. The molecule has 3 fully saturated rings. The van der Waals surface area contributed by atoms with Crippen LogP contribution in [0.5, 0.6) is 0 Å². The summed E-state index contributed by atoms with van der Waals surface area (Å²) in [6.07, 6.45) is 2.82. The molecule has 0 bridgehead atoms. The van der Waals surface area contributed by atoms with Crippen LogP contribution in [0, 0.1) is 12.3 Å². The van der Waals surface area contributed by atoms with Gasteiger partial charge in [0.15, 0.2) is 0 Å². The van der Waals surface area contributed by atoms with Gasteiger partial charge in [-0.15, -0.1) is 0 Å². The van der Waals surface area contributed by atoms with Crippen LogP contribution >= 0.6 is 0 Å². The predicted octanol–water partition coefficient (Wildman–Crippen LogP) is 1.92. The van der Waals surface area contributed by atoms with Gasteiger partial charge in [0.1, 0.15) is 0 Å². The number of rotatable bonds is 3. The summed E-state index contributed by atoms with van der Waals surface area (Å²) in [6, 6.07) is 7.95. The molecule has 1 spiro atoms. The average Bonchev–Trinajstić information content (AvgIpc) is 3.21. The van der Waals surface area contributed by atoms with Gasteiger partial charge in [0.25, 0.3) is 0 Å². The largest absolute Gasteiger partial charge is 0.312 e. The van der Waals surface area contributed by atoms with Crippen molar-refractivity contribution in [3.05, 3.63) is 29.8 Å². The van der Waals surface area contributed by atoms with E-state index in [1.54, 1.807) is 4.31 Å². The van der Waals surface area contributed by atoms with Crippen LogP contribution in [-0.2, 0) is 14.8 Å². The van der Waals surface area contributed by atoms with Crippen molar-refractivity contribution in [2.24, 2.45) is 5.41 Å². The number of hydrogen-bond acceptors (Lipinski definition) is 3. The van der Waals surface area contributed by atoms with E-state index in [-0.39, 0.29) is 16.6 Å². The van der Waals surface area contributed by atoms with Gasteiger partial charge in [0.05, 0.1) is 5.25 Å². The third kappa shape index (κ3) is 2.58. The summed E-state index contributed by atoms with van der Waals surface area (Å²) >= 11 is 0. The molecule has 3 aliphatic rings. The molecule has 1 amide bonds. The first-order chi connectivity index (χ1) is 10.9. The Hall–Kier alpha value is -1.40. The fraction of sp³-hybridized carbons (Fsp3) is 0.588. The van der Waals surface area contributed by atoms with E-state index in [1.807, 2.05) is 36.1 Å². The van der Waals surface area contributed by atoms with Crippen molar-refractivity contribution in [1.82, 2.24) is 4.31 Å². The highest BCUT2D eigenvalue weighted by atomic mass is 32.2. The lowest BCUT2D eigenvalue weighted by atomic mass is 9.86. The van der Waals surface area contributed by atoms with Gasteiger partial charge >= 0.3 is 0 Å². The molecule has 1 aliphatic carbocycles. The Morgan fingerprint density at radius 2 is 2.00 bits per heavy atom. The van der Waals surface area contributed by atoms with Crippen LogP contribution in [0.1, 0.15) is 31.2 Å². The lowest BCUT2D eigenvalue weighted by Crippen LogP contribution is -2.35. The topological polar surface area (TPSA) is 57.7 Å². The molecule has 124 valence electrons. The van der Waals surface area contributed by atoms with Crippen molar-refractivity contribution >= 4 is 21.6 Å². The summed E-state index contributed by atoms with van der Waals surface area (Å²) in [7, 11) is -3.13. The van der Waals surface area contributed by atoms with Crippen LogP contribution < -0.4 is 4.90 Å². The highest BCUT2D eigenvalue weighted by molar-refractivity contribution is 7.90. The Bertz CT molecular complexity index is 757. The van der Waals surface area contributed by atoms with Crippen LogP contribution in [0.25, 0.3) is 0 Å². The molecular formula is C17H22N2O3S. The number of anilines is 1. The highest BCUT2D eigenvalue weighted by Crippen LogP contribution is 2.44. The number of aryl methyl sites for hydroxylation is 1. The zero-order valence-electron chi connectivity index (χ0n) is 13.4. The van der Waals surface area contributed by atoms with Crippen molar-refractivity contribution < 1.29 is 13.2 Å². The third-order valence-electron chi connectivity index (χ3n) is 5.34. The molecule has 0 aromatic heterocycles. The predicted molar refractivity (Wildman–Crippen MR) is 88.7 cm³/mol. The van der Waals surface area contributed by atoms with E-state index in [4.69, 9.17) is 0 Å². The lowest BCUT2D eigenvalue weighted by Gasteiger charge is -2.24. The van der Waals surface area contributed by atoms with Crippen LogP contribution in [0.4, 0.5) is 5.69 Å². The summed E-state index contributed by atoms with van der Waals surface area (Å²) in [5, 5.41) is -0.164. The second-order valence-corrected chi connectivity index (χ2v) is 9.54. The zero-order valence-corrected chi connectivity index (χ0v) is 14.2. The van der Waals surface area contributed by atoms with Crippen LogP contribution in [0.3, 0.4) is 0 Å². The first kappa shape index (κ1) is 15.1. The molecule has 23 heavy (non-hydrogen) atoms. The quantitative estimate of drug-likeness (QED) is 0.848. The number of nitrogens with zero attached hydrogens (tertiary/aromatic N) is 2. The monoisotopic (exact) mass is 334 g/mol. The Labute approximate surface area is 137 Å². The van der Waals surface area contributed by atoms with E-state index in [0.717, 1.165) is 30.5 Å². The fourth-order valence-corrected chi connectivity index (χ4v) is 5.84. The van der Waals surface area contributed by atoms with Gasteiger partial charge in [0.2, 0.25) is 15.9 Å². The van der Waals surface area contributed by atoms with Crippen molar-refractivity contribution in [3.8, 4) is 0 Å². The van der Waals surface area contributed by atoms with Gasteiger partial charge in [-0.25, -0.2) is 12.7 Å². The number of benzene rings is 1. The van der Waals surface area contributed by atoms with Crippen LogP contribution in [0.2, 0.25) is 0 Å². The minimum absolute atomic E-state index is 0.112. The van der Waals surface area contributed by atoms with Crippen LogP contribution in [0.15, 0.2) is 24.3 Å². The molecule has 6 heteroatoms. The average molecular weight is 334 g/mol. The normalized spacial score (nSPS) is 28.9. The minimum atomic E-state index is -3.13. The molecule has 4 rings (SSSR count). The molecular weight excluding hydrogens is 312 g/mol. The van der Waals surface area contributed by atoms with E-state index < -0.39 is 10.0 Å². The van der Waals surface area contributed by atoms with Crippen molar-refractivity contribution in [2.45, 2.75) is 37.9 Å². The Balaban J connectivity index is 1.54. The maximum Gasteiger partial charge on any atom is 0.227 e. The number of sulfonamides is 1. The minimum Gasteiger partial charge on any atom is -0.312 e. The SMILES string of the molecule is Cc1cccc(N2C[C@]3(CCN(S(=O)(=O)C4CC4)C3)CC2=O)c1. The molecule has 1 atom stereocenters. The van der Waals surface area contributed by atoms with Gasteiger partial charge < -0.3 is 4.90 Å². The molecule has 2 aliphatic heterocycles. The fourth-order valence-electron chi connectivity index (χ4n) is 3.89. The molecule has 0 N–H and O–H groups in total. The first-order valence-electron chi connectivity index (χ1n) is 8.26. The number of carbonyl (C=O) groups is 1. The van der Waals surface area contributed by atoms with E-state index >= 15 is 0 Å². The maximum atomic E-state index is 12.5. The molecule has 2 saturated heterocycles. The van der Waals surface area contributed by atoms with E-state index in [2.05, 4.69) is 0 Å². The summed E-state index contributed by atoms with van der Waals surface area (Å²) < 4.78 is 26.5. The molecule has 0 radical (unpaired) electrons. The van der Waals surface area contributed by atoms with Crippen molar-refractivity contribution in [1.29, 1.82) is 0 Å². The maximum absolute atomic E-state index is 12.5. The summed E-state index contributed by atoms with van der Waals surface area (Å²) in [5.74, 6) is 0.112. The highest BCUT2D eigenvalue weighted by Gasteiger charge is 2.52. The van der Waals surface area contributed by atoms with E-state index in [0.29, 0.717) is 26.1 Å². The Morgan fingerprint density at radius 1 is 1.22 bits per heavy atom. The molecule has 1 aromatic carbocycles. The molecule has 0 unspecified atom stereocenters. The standard InChI is InChI=1S/C17H22N2O3S/c1-13-3-2-4-14(9-13)19-12-17(10-16(19)20)7-8-18(11-17)23(21,22)15-5-6-15/h2-4,9,15H,5-8,10-12H2,1H3/t17-/m1/s1. The van der Waals surface area contributed by atoms with Gasteiger partial charge in [0, 0.05) is 37.2 Å². The smallest absolute Gasteiger partial charge is 0.227 e. The number of hydrogen-bond donors (Lipinski definition) is 0. The third-order valence-corrected chi connectivity index (χ3v) is 7.69. The first-order valence-corrected chi connectivity index (χ1v) is 9.76. The zero-order chi connectivity index (χ0) is 16.2. The Morgan fingerprint density at radius 3 is 2.70 bits per heavy atom. The van der Waals surface area contributed by atoms with Crippen molar-refractivity contribution in [2.75, 3.05) is 24.5 Å². The van der Waals surface area contributed by atoms with E-state index in [1.165, 1.54) is 0 Å².